The van der Waals surface area contributed by atoms with Gasteiger partial charge in [0.05, 0.1) is 23.0 Å². The van der Waals surface area contributed by atoms with E-state index in [1.807, 2.05) is 79.7 Å². The molecule has 3 aromatic carbocycles. The fourth-order valence-electron chi connectivity index (χ4n) is 4.38. The van der Waals surface area contributed by atoms with E-state index in [9.17, 15) is 10.1 Å². The molecule has 4 rings (SSSR count). The third-order valence-corrected chi connectivity index (χ3v) is 6.25. The molecule has 0 aliphatic rings. The van der Waals surface area contributed by atoms with Gasteiger partial charge in [0.2, 0.25) is 0 Å². The Hall–Kier alpha value is -4.23. The lowest BCUT2D eigenvalue weighted by Crippen LogP contribution is -2.28. The van der Waals surface area contributed by atoms with Crippen molar-refractivity contribution in [3.63, 3.8) is 0 Å². The van der Waals surface area contributed by atoms with E-state index >= 15 is 0 Å². The molecule has 0 aliphatic carbocycles. The molecule has 0 fully saturated rings. The summed E-state index contributed by atoms with van der Waals surface area (Å²) in [7, 11) is 0. The molecule has 0 aliphatic heterocycles. The predicted molar refractivity (Wildman–Crippen MR) is 143 cm³/mol. The Labute approximate surface area is 206 Å². The summed E-state index contributed by atoms with van der Waals surface area (Å²) in [6.07, 6.45) is 5.09. The zero-order valence-electron chi connectivity index (χ0n) is 20.3. The van der Waals surface area contributed by atoms with Crippen molar-refractivity contribution < 1.29 is 0 Å². The van der Waals surface area contributed by atoms with Crippen LogP contribution in [0.15, 0.2) is 84.2 Å². The standard InChI is InChI=1S/C31H29N3O/c1-4-6-14-30-29(31(35)34(22(3)33-30)27-12-9-10-23(5-2)19-27)20-24-15-17-25(18-16-24)28-13-8-7-11-26(28)21-32/h5,7-13,15-19H,2,4,6,14,20H2,1,3H3. The summed E-state index contributed by atoms with van der Waals surface area (Å²) in [6.45, 7) is 7.89. The molecule has 0 radical (unpaired) electrons. The number of hydrogen-bond acceptors (Lipinski definition) is 3. The van der Waals surface area contributed by atoms with E-state index in [2.05, 4.69) is 19.6 Å². The van der Waals surface area contributed by atoms with Gasteiger partial charge in [-0.3, -0.25) is 9.36 Å². The van der Waals surface area contributed by atoms with E-state index in [-0.39, 0.29) is 5.56 Å². The van der Waals surface area contributed by atoms with Gasteiger partial charge in [-0.1, -0.05) is 80.6 Å². The Balaban J connectivity index is 1.76. The van der Waals surface area contributed by atoms with Crippen LogP contribution in [0.3, 0.4) is 0 Å². The van der Waals surface area contributed by atoms with E-state index in [4.69, 9.17) is 4.98 Å². The third kappa shape index (κ3) is 5.15. The van der Waals surface area contributed by atoms with Gasteiger partial charge in [0.25, 0.3) is 5.56 Å². The molecular weight excluding hydrogens is 430 g/mol. The minimum Gasteiger partial charge on any atom is -0.269 e. The van der Waals surface area contributed by atoms with Gasteiger partial charge in [-0.2, -0.15) is 5.26 Å². The van der Waals surface area contributed by atoms with E-state index in [1.165, 1.54) is 0 Å². The fourth-order valence-corrected chi connectivity index (χ4v) is 4.38. The van der Waals surface area contributed by atoms with Crippen LogP contribution in [0, 0.1) is 18.3 Å². The predicted octanol–water partition coefficient (Wildman–Crippen LogP) is 6.66. The first-order valence-electron chi connectivity index (χ1n) is 12.0. The molecule has 174 valence electrons. The van der Waals surface area contributed by atoms with Crippen LogP contribution in [0.2, 0.25) is 0 Å². The van der Waals surface area contributed by atoms with Crippen LogP contribution in [0.5, 0.6) is 0 Å². The first-order valence-corrected chi connectivity index (χ1v) is 12.0. The van der Waals surface area contributed by atoms with Crippen LogP contribution in [0.1, 0.15) is 53.5 Å². The van der Waals surface area contributed by atoms with Crippen LogP contribution in [0.4, 0.5) is 0 Å². The number of aromatic nitrogens is 2. The maximum absolute atomic E-state index is 13.8. The summed E-state index contributed by atoms with van der Waals surface area (Å²) in [5.41, 5.74) is 6.92. The van der Waals surface area contributed by atoms with Crippen molar-refractivity contribution in [3.05, 3.63) is 124 Å². The lowest BCUT2D eigenvalue weighted by molar-refractivity contribution is 0.733. The molecule has 4 nitrogen and oxygen atoms in total. The van der Waals surface area contributed by atoms with Gasteiger partial charge in [0.15, 0.2) is 0 Å². The Bertz CT molecular complexity index is 1460. The molecule has 0 N–H and O–H groups in total. The molecule has 35 heavy (non-hydrogen) atoms. The zero-order chi connectivity index (χ0) is 24.8. The number of nitrogens with zero attached hydrogens (tertiary/aromatic N) is 3. The highest BCUT2D eigenvalue weighted by Gasteiger charge is 2.17. The number of hydrogen-bond donors (Lipinski definition) is 0. The number of aryl methyl sites for hydroxylation is 2. The molecule has 0 amide bonds. The van der Waals surface area contributed by atoms with E-state index < -0.39 is 0 Å². The number of unbranched alkanes of at least 4 members (excludes halogenated alkanes) is 1. The highest BCUT2D eigenvalue weighted by molar-refractivity contribution is 5.70. The lowest BCUT2D eigenvalue weighted by Gasteiger charge is -2.16. The molecule has 0 atom stereocenters. The second-order valence-corrected chi connectivity index (χ2v) is 8.66. The summed E-state index contributed by atoms with van der Waals surface area (Å²) < 4.78 is 1.70. The molecular formula is C31H29N3O. The largest absolute Gasteiger partial charge is 0.269 e. The zero-order valence-corrected chi connectivity index (χ0v) is 20.3. The Morgan fingerprint density at radius 1 is 1.06 bits per heavy atom. The third-order valence-electron chi connectivity index (χ3n) is 6.25. The molecule has 4 heteroatoms. The highest BCUT2D eigenvalue weighted by Crippen LogP contribution is 2.24. The van der Waals surface area contributed by atoms with Crippen LogP contribution in [-0.2, 0) is 12.8 Å². The normalized spacial score (nSPS) is 10.7. The monoisotopic (exact) mass is 459 g/mol. The van der Waals surface area contributed by atoms with Crippen molar-refractivity contribution in [2.45, 2.75) is 39.5 Å². The second kappa shape index (κ2) is 10.8. The van der Waals surface area contributed by atoms with Gasteiger partial charge >= 0.3 is 0 Å². The van der Waals surface area contributed by atoms with Gasteiger partial charge in [-0.25, -0.2) is 4.98 Å². The number of nitriles is 1. The van der Waals surface area contributed by atoms with Crippen molar-refractivity contribution in [2.24, 2.45) is 0 Å². The average molecular weight is 460 g/mol. The van der Waals surface area contributed by atoms with E-state index in [0.29, 0.717) is 17.8 Å². The summed E-state index contributed by atoms with van der Waals surface area (Å²) in [6, 6.07) is 25.7. The minimum atomic E-state index is -0.0243. The molecule has 0 saturated heterocycles. The van der Waals surface area contributed by atoms with Gasteiger partial charge in [-0.15, -0.1) is 0 Å². The number of benzene rings is 3. The lowest BCUT2D eigenvalue weighted by atomic mass is 9.96. The maximum atomic E-state index is 13.8. The summed E-state index contributed by atoms with van der Waals surface area (Å²) in [4.78, 5) is 18.7. The summed E-state index contributed by atoms with van der Waals surface area (Å²) in [5.74, 6) is 0.689. The summed E-state index contributed by atoms with van der Waals surface area (Å²) in [5, 5.41) is 9.44. The number of rotatable bonds is 8. The van der Waals surface area contributed by atoms with Crippen molar-refractivity contribution in [2.75, 3.05) is 0 Å². The fraction of sp³-hybridized carbons (Fsp3) is 0.194. The van der Waals surface area contributed by atoms with Gasteiger partial charge in [0.1, 0.15) is 5.82 Å². The smallest absolute Gasteiger partial charge is 0.261 e. The first-order chi connectivity index (χ1) is 17.0. The maximum Gasteiger partial charge on any atom is 0.261 e. The van der Waals surface area contributed by atoms with Gasteiger partial charge in [0, 0.05) is 12.0 Å². The first kappa shape index (κ1) is 23.9. The van der Waals surface area contributed by atoms with Crippen LogP contribution in [0.25, 0.3) is 22.9 Å². The highest BCUT2D eigenvalue weighted by atomic mass is 16.1. The van der Waals surface area contributed by atoms with E-state index in [0.717, 1.165) is 58.5 Å². The van der Waals surface area contributed by atoms with Crippen LogP contribution >= 0.6 is 0 Å². The molecule has 1 aromatic heterocycles. The Morgan fingerprint density at radius 3 is 2.54 bits per heavy atom. The average Bonchev–Trinajstić information content (AvgIpc) is 2.89. The van der Waals surface area contributed by atoms with Crippen molar-refractivity contribution >= 4 is 6.08 Å². The van der Waals surface area contributed by atoms with E-state index in [1.54, 1.807) is 10.6 Å². The van der Waals surface area contributed by atoms with Crippen LogP contribution in [-0.4, -0.2) is 9.55 Å². The second-order valence-electron chi connectivity index (χ2n) is 8.66. The molecule has 0 bridgehead atoms. The molecule has 4 aromatic rings. The SMILES string of the molecule is C=Cc1cccc(-n2c(C)nc(CCCC)c(Cc3ccc(-c4ccccc4C#N)cc3)c2=O)c1. The van der Waals surface area contributed by atoms with Crippen LogP contribution < -0.4 is 5.56 Å². The topological polar surface area (TPSA) is 58.7 Å². The van der Waals surface area contributed by atoms with Gasteiger partial charge < -0.3 is 0 Å². The van der Waals surface area contributed by atoms with Crippen molar-refractivity contribution in [3.8, 4) is 22.9 Å². The van der Waals surface area contributed by atoms with Crippen molar-refractivity contribution in [1.82, 2.24) is 9.55 Å². The molecule has 0 unspecified atom stereocenters. The van der Waals surface area contributed by atoms with Crippen molar-refractivity contribution in [1.29, 1.82) is 5.26 Å². The molecule has 1 heterocycles. The molecule has 0 saturated carbocycles. The molecule has 0 spiro atoms. The minimum absolute atomic E-state index is 0.0243. The Kier molecular flexibility index (Phi) is 7.38. The Morgan fingerprint density at radius 2 is 1.83 bits per heavy atom. The van der Waals surface area contributed by atoms with Gasteiger partial charge in [-0.05, 0) is 60.2 Å². The summed E-state index contributed by atoms with van der Waals surface area (Å²) >= 11 is 0. The quantitative estimate of drug-likeness (QED) is 0.296.